The summed E-state index contributed by atoms with van der Waals surface area (Å²) in [5.41, 5.74) is 3.15. The lowest BCUT2D eigenvalue weighted by molar-refractivity contribution is 0.311. The molecule has 2 aliphatic rings. The van der Waals surface area contributed by atoms with Gasteiger partial charge in [0.05, 0.1) is 19.7 Å². The lowest BCUT2D eigenvalue weighted by atomic mass is 9.81. The molecule has 0 saturated carbocycles. The van der Waals surface area contributed by atoms with E-state index in [0.717, 1.165) is 28.4 Å². The van der Waals surface area contributed by atoms with Crippen molar-refractivity contribution >= 4 is 15.9 Å². The van der Waals surface area contributed by atoms with Crippen LogP contribution in [0.15, 0.2) is 40.5 Å². The highest BCUT2D eigenvalue weighted by Crippen LogP contribution is 2.36. The fraction of sp³-hybridized carbons (Fsp3) is 0.550. The van der Waals surface area contributed by atoms with Gasteiger partial charge < -0.3 is 9.64 Å². The topological polar surface area (TPSA) is 62.2 Å². The smallest absolute Gasteiger partial charge is 0.233 e. The second-order valence-corrected chi connectivity index (χ2v) is 10.3. The summed E-state index contributed by atoms with van der Waals surface area (Å²) in [6, 6.07) is 7.60. The molecule has 0 aromatic heterocycles. The third kappa shape index (κ3) is 3.89. The molecule has 0 unspecified atom stereocenters. The minimum Gasteiger partial charge on any atom is -0.497 e. The summed E-state index contributed by atoms with van der Waals surface area (Å²) in [5, 5.41) is 0. The zero-order valence-electron chi connectivity index (χ0n) is 17.0. The Morgan fingerprint density at radius 1 is 1.19 bits per heavy atom. The van der Waals surface area contributed by atoms with E-state index < -0.39 is 10.0 Å². The summed E-state index contributed by atoms with van der Waals surface area (Å²) in [5.74, 6) is 1.49. The number of sulfonamides is 1. The maximum absolute atomic E-state index is 12.9. The van der Waals surface area contributed by atoms with Crippen molar-refractivity contribution in [3.05, 3.63) is 41.1 Å². The first kappa shape index (κ1) is 19.9. The molecular formula is C20H29N3O3S. The van der Waals surface area contributed by atoms with Crippen LogP contribution >= 0.6 is 0 Å². The molecule has 0 spiro atoms. The molecule has 1 aromatic carbocycles. The maximum atomic E-state index is 12.9. The fourth-order valence-electron chi connectivity index (χ4n) is 3.74. The summed E-state index contributed by atoms with van der Waals surface area (Å²) < 4.78 is 32.5. The van der Waals surface area contributed by atoms with E-state index >= 15 is 0 Å². The highest BCUT2D eigenvalue weighted by Gasteiger charge is 2.40. The Morgan fingerprint density at radius 3 is 2.37 bits per heavy atom. The van der Waals surface area contributed by atoms with Gasteiger partial charge in [0, 0.05) is 12.2 Å². The van der Waals surface area contributed by atoms with Crippen LogP contribution in [-0.4, -0.2) is 49.0 Å². The van der Waals surface area contributed by atoms with Crippen LogP contribution in [0.3, 0.4) is 0 Å². The predicted octanol–water partition coefficient (Wildman–Crippen LogP) is 3.22. The molecule has 0 bridgehead atoms. The quantitative estimate of drug-likeness (QED) is 0.794. The molecule has 3 rings (SSSR count). The molecule has 7 heteroatoms. The first-order valence-electron chi connectivity index (χ1n) is 9.15. The summed E-state index contributed by atoms with van der Waals surface area (Å²) in [6.45, 7) is 11.2. The van der Waals surface area contributed by atoms with E-state index in [1.807, 2.05) is 36.1 Å². The molecule has 1 saturated heterocycles. The first-order chi connectivity index (χ1) is 12.5. The maximum Gasteiger partial charge on any atom is 0.233 e. The lowest BCUT2D eigenvalue weighted by Crippen LogP contribution is -2.52. The normalized spacial score (nSPS) is 23.1. The van der Waals surface area contributed by atoms with E-state index in [4.69, 9.17) is 9.73 Å². The Labute approximate surface area is 162 Å². The molecule has 1 aromatic rings. The van der Waals surface area contributed by atoms with Crippen molar-refractivity contribution < 1.29 is 13.2 Å². The van der Waals surface area contributed by atoms with Crippen LogP contribution in [0.25, 0.3) is 0 Å². The molecule has 27 heavy (non-hydrogen) atoms. The Bertz CT molecular complexity index is 880. The molecule has 0 amide bonds. The van der Waals surface area contributed by atoms with Gasteiger partial charge in [0.2, 0.25) is 10.0 Å². The van der Waals surface area contributed by atoms with Gasteiger partial charge in [-0.15, -0.1) is 0 Å². The van der Waals surface area contributed by atoms with Crippen molar-refractivity contribution in [2.45, 2.75) is 47.2 Å². The zero-order valence-corrected chi connectivity index (χ0v) is 17.8. The van der Waals surface area contributed by atoms with Gasteiger partial charge in [-0.05, 0) is 42.5 Å². The number of benzene rings is 1. The summed E-state index contributed by atoms with van der Waals surface area (Å²) in [7, 11) is -1.79. The third-order valence-electron chi connectivity index (χ3n) is 5.25. The largest absolute Gasteiger partial charge is 0.497 e. The van der Waals surface area contributed by atoms with Crippen LogP contribution in [0.1, 0.15) is 40.2 Å². The van der Waals surface area contributed by atoms with E-state index in [0.29, 0.717) is 13.1 Å². The van der Waals surface area contributed by atoms with Crippen LogP contribution in [-0.2, 0) is 16.6 Å². The fourth-order valence-corrected chi connectivity index (χ4v) is 5.24. The van der Waals surface area contributed by atoms with Crippen LogP contribution < -0.4 is 4.74 Å². The molecule has 6 nitrogen and oxygen atoms in total. The molecule has 0 N–H and O–H groups in total. The van der Waals surface area contributed by atoms with Gasteiger partial charge in [-0.2, -0.15) is 4.31 Å². The predicted molar refractivity (Wildman–Crippen MR) is 108 cm³/mol. The van der Waals surface area contributed by atoms with Gasteiger partial charge in [0.15, 0.2) is 0 Å². The molecule has 148 valence electrons. The zero-order chi connectivity index (χ0) is 20.0. The molecule has 1 fully saturated rings. The second kappa shape index (κ2) is 6.95. The van der Waals surface area contributed by atoms with Crippen LogP contribution in [0, 0.1) is 5.41 Å². The number of rotatable bonds is 3. The summed E-state index contributed by atoms with van der Waals surface area (Å²) in [6.07, 6.45) is 0. The number of ether oxygens (including phenoxy) is 1. The van der Waals surface area contributed by atoms with Crippen LogP contribution in [0.5, 0.6) is 5.75 Å². The minimum atomic E-state index is -3.40. The number of amidine groups is 1. The van der Waals surface area contributed by atoms with E-state index in [1.54, 1.807) is 11.4 Å². The second-order valence-electron chi connectivity index (χ2n) is 8.36. The number of hydrogen-bond donors (Lipinski definition) is 0. The SMILES string of the molecule is COc1ccc(CN2CC3=C(C)[C@H](C(C)(C)C)N=C(C)N3CS2(=O)=O)cc1. The molecule has 0 aliphatic carbocycles. The van der Waals surface area contributed by atoms with Gasteiger partial charge in [-0.3, -0.25) is 4.99 Å². The molecule has 1 atom stereocenters. The highest BCUT2D eigenvalue weighted by atomic mass is 32.2. The molecule has 2 heterocycles. The van der Waals surface area contributed by atoms with Crippen molar-refractivity contribution in [3.8, 4) is 5.75 Å². The number of aliphatic imine (C=N–C) groups is 1. The average molecular weight is 392 g/mol. The third-order valence-corrected chi connectivity index (χ3v) is 6.88. The Kier molecular flexibility index (Phi) is 5.12. The minimum absolute atomic E-state index is 0.0123. The summed E-state index contributed by atoms with van der Waals surface area (Å²) in [4.78, 5) is 6.66. The molecule has 0 radical (unpaired) electrons. The van der Waals surface area contributed by atoms with Crippen molar-refractivity contribution in [2.75, 3.05) is 19.5 Å². The Balaban J connectivity index is 1.92. The van der Waals surface area contributed by atoms with Crippen LogP contribution in [0.4, 0.5) is 0 Å². The monoisotopic (exact) mass is 391 g/mol. The van der Waals surface area contributed by atoms with Gasteiger partial charge in [-0.25, -0.2) is 8.42 Å². The first-order valence-corrected chi connectivity index (χ1v) is 10.8. The average Bonchev–Trinajstić information content (AvgIpc) is 2.58. The van der Waals surface area contributed by atoms with E-state index in [-0.39, 0.29) is 17.3 Å². The highest BCUT2D eigenvalue weighted by molar-refractivity contribution is 7.89. The number of nitrogens with zero attached hydrogens (tertiary/aromatic N) is 3. The van der Waals surface area contributed by atoms with E-state index in [9.17, 15) is 8.42 Å². The van der Waals surface area contributed by atoms with Gasteiger partial charge in [-0.1, -0.05) is 32.9 Å². The van der Waals surface area contributed by atoms with Gasteiger partial charge >= 0.3 is 0 Å². The van der Waals surface area contributed by atoms with Crippen molar-refractivity contribution in [1.82, 2.24) is 9.21 Å². The lowest BCUT2D eigenvalue weighted by Gasteiger charge is -2.44. The van der Waals surface area contributed by atoms with E-state index in [1.165, 1.54) is 0 Å². The Hall–Kier alpha value is -1.86. The summed E-state index contributed by atoms with van der Waals surface area (Å²) >= 11 is 0. The van der Waals surface area contributed by atoms with Crippen LogP contribution in [0.2, 0.25) is 0 Å². The molecular weight excluding hydrogens is 362 g/mol. The van der Waals surface area contributed by atoms with Crippen molar-refractivity contribution in [1.29, 1.82) is 0 Å². The number of hydrogen-bond acceptors (Lipinski definition) is 5. The molecule has 2 aliphatic heterocycles. The van der Waals surface area contributed by atoms with Gasteiger partial charge in [0.25, 0.3) is 0 Å². The van der Waals surface area contributed by atoms with E-state index in [2.05, 4.69) is 27.7 Å². The number of fused-ring (bicyclic) bond motifs is 1. The standard InChI is InChI=1S/C20H29N3O3S/c1-14-18-12-22(11-16-7-9-17(26-6)10-8-16)27(24,25)13-23(18)15(2)21-19(14)20(3,4)5/h7-10,19H,11-13H2,1-6H3/t19-/m1/s1. The van der Waals surface area contributed by atoms with Gasteiger partial charge in [0.1, 0.15) is 17.5 Å². The van der Waals surface area contributed by atoms with Crippen molar-refractivity contribution in [3.63, 3.8) is 0 Å². The van der Waals surface area contributed by atoms with Crippen molar-refractivity contribution in [2.24, 2.45) is 10.4 Å². The Morgan fingerprint density at radius 2 is 1.81 bits per heavy atom. The number of methoxy groups -OCH3 is 1.